The molecule has 0 aliphatic heterocycles. The van der Waals surface area contributed by atoms with Gasteiger partial charge in [0.2, 0.25) is 0 Å². The molecule has 0 unspecified atom stereocenters. The lowest BCUT2D eigenvalue weighted by Gasteiger charge is -2.13. The Balaban J connectivity index is 2.50. The third-order valence-corrected chi connectivity index (χ3v) is 2.78. The molecule has 19 heavy (non-hydrogen) atoms. The fourth-order valence-corrected chi connectivity index (χ4v) is 1.88. The Kier molecular flexibility index (Phi) is 3.62. The lowest BCUT2D eigenvalue weighted by molar-refractivity contribution is 0.0957. The van der Waals surface area contributed by atoms with E-state index in [1.807, 2.05) is 0 Å². The highest BCUT2D eigenvalue weighted by Crippen LogP contribution is 2.23. The number of benzene rings is 1. The predicted octanol–water partition coefficient (Wildman–Crippen LogP) is 1.39. The second-order valence-electron chi connectivity index (χ2n) is 4.19. The van der Waals surface area contributed by atoms with Crippen LogP contribution in [-0.2, 0) is 0 Å². The van der Waals surface area contributed by atoms with Crippen LogP contribution in [0.25, 0.3) is 5.69 Å². The normalized spacial score (nSPS) is 12.2. The van der Waals surface area contributed by atoms with Crippen LogP contribution in [0.5, 0.6) is 0 Å². The molecule has 100 valence electrons. The van der Waals surface area contributed by atoms with Gasteiger partial charge in [0.1, 0.15) is 5.82 Å². The van der Waals surface area contributed by atoms with Gasteiger partial charge in [-0.15, -0.1) is 0 Å². The van der Waals surface area contributed by atoms with Crippen molar-refractivity contribution in [1.29, 1.82) is 0 Å². The molecule has 2 rings (SSSR count). The maximum Gasteiger partial charge on any atom is 0.271 e. The monoisotopic (exact) mass is 262 g/mol. The van der Waals surface area contributed by atoms with Crippen LogP contribution in [0, 0.1) is 5.82 Å². The zero-order valence-corrected chi connectivity index (χ0v) is 10.7. The molecule has 3 N–H and O–H groups in total. The van der Waals surface area contributed by atoms with Crippen molar-refractivity contribution in [3.05, 3.63) is 47.5 Å². The van der Waals surface area contributed by atoms with E-state index in [1.165, 1.54) is 17.8 Å². The van der Waals surface area contributed by atoms with Gasteiger partial charge in [-0.05, 0) is 25.1 Å². The molecule has 0 fully saturated rings. The first kappa shape index (κ1) is 13.2. The minimum Gasteiger partial charge on any atom is -0.354 e. The van der Waals surface area contributed by atoms with Crippen molar-refractivity contribution in [3.63, 3.8) is 0 Å². The highest BCUT2D eigenvalue weighted by molar-refractivity contribution is 5.91. The van der Waals surface area contributed by atoms with Crippen molar-refractivity contribution in [2.75, 3.05) is 7.05 Å². The van der Waals surface area contributed by atoms with Crippen LogP contribution in [0.15, 0.2) is 30.5 Å². The zero-order valence-electron chi connectivity index (χ0n) is 10.7. The molecular weight excluding hydrogens is 247 g/mol. The summed E-state index contributed by atoms with van der Waals surface area (Å²) in [6.07, 6.45) is 1.60. The van der Waals surface area contributed by atoms with Gasteiger partial charge >= 0.3 is 0 Å². The number of nitrogens with two attached hydrogens (primary N) is 1. The summed E-state index contributed by atoms with van der Waals surface area (Å²) in [5.74, 6) is -0.679. The first-order valence-electron chi connectivity index (χ1n) is 5.86. The number of aromatic nitrogens is 2. The van der Waals surface area contributed by atoms with Gasteiger partial charge in [0.25, 0.3) is 5.91 Å². The molecule has 0 radical (unpaired) electrons. The fourth-order valence-electron chi connectivity index (χ4n) is 1.88. The molecule has 1 aromatic carbocycles. The molecule has 1 aromatic heterocycles. The minimum absolute atomic E-state index is 0.266. The van der Waals surface area contributed by atoms with Crippen molar-refractivity contribution < 1.29 is 9.18 Å². The first-order valence-corrected chi connectivity index (χ1v) is 5.86. The molecule has 0 bridgehead atoms. The quantitative estimate of drug-likeness (QED) is 0.878. The molecular formula is C13H15FN4O. The summed E-state index contributed by atoms with van der Waals surface area (Å²) in [4.78, 5) is 11.5. The maximum absolute atomic E-state index is 13.8. The summed E-state index contributed by atoms with van der Waals surface area (Å²) < 4.78 is 15.3. The number of nitrogens with one attached hydrogen (secondary N) is 1. The summed E-state index contributed by atoms with van der Waals surface area (Å²) >= 11 is 0. The highest BCUT2D eigenvalue weighted by atomic mass is 19.1. The number of carbonyl (C=O) groups excluding carboxylic acids is 1. The van der Waals surface area contributed by atoms with E-state index in [9.17, 15) is 9.18 Å². The average Bonchev–Trinajstić information content (AvgIpc) is 2.86. The van der Waals surface area contributed by atoms with Gasteiger partial charge in [-0.2, -0.15) is 5.10 Å². The fraction of sp³-hybridized carbons (Fsp3) is 0.231. The van der Waals surface area contributed by atoms with Crippen molar-refractivity contribution in [1.82, 2.24) is 15.1 Å². The van der Waals surface area contributed by atoms with Gasteiger partial charge < -0.3 is 11.1 Å². The van der Waals surface area contributed by atoms with E-state index in [4.69, 9.17) is 5.73 Å². The number of halogens is 1. The molecule has 0 spiro atoms. The number of hydrogen-bond donors (Lipinski definition) is 2. The Morgan fingerprint density at radius 1 is 1.47 bits per heavy atom. The third-order valence-electron chi connectivity index (χ3n) is 2.78. The molecule has 0 aliphatic rings. The summed E-state index contributed by atoms with van der Waals surface area (Å²) in [5.41, 5.74) is 6.95. The molecule has 1 atom stereocenters. The Morgan fingerprint density at radius 3 is 2.84 bits per heavy atom. The van der Waals surface area contributed by atoms with Crippen molar-refractivity contribution in [2.45, 2.75) is 13.0 Å². The molecule has 0 aliphatic carbocycles. The van der Waals surface area contributed by atoms with E-state index in [0.717, 1.165) is 0 Å². The van der Waals surface area contributed by atoms with E-state index in [1.54, 1.807) is 31.3 Å². The Labute approximate surface area is 110 Å². The molecule has 5 nitrogen and oxygen atoms in total. The lowest BCUT2D eigenvalue weighted by atomic mass is 10.1. The van der Waals surface area contributed by atoms with Gasteiger partial charge in [-0.3, -0.25) is 4.79 Å². The van der Waals surface area contributed by atoms with Crippen LogP contribution in [0.3, 0.4) is 0 Å². The third kappa shape index (κ3) is 2.48. The Morgan fingerprint density at radius 2 is 2.21 bits per heavy atom. The van der Waals surface area contributed by atoms with Crippen molar-refractivity contribution in [2.24, 2.45) is 5.73 Å². The van der Waals surface area contributed by atoms with Crippen LogP contribution >= 0.6 is 0 Å². The van der Waals surface area contributed by atoms with E-state index in [0.29, 0.717) is 11.3 Å². The molecule has 0 saturated heterocycles. The largest absolute Gasteiger partial charge is 0.354 e. The van der Waals surface area contributed by atoms with Gasteiger partial charge in [0.05, 0.1) is 5.69 Å². The zero-order chi connectivity index (χ0) is 14.0. The highest BCUT2D eigenvalue weighted by Gasteiger charge is 2.15. The van der Waals surface area contributed by atoms with Gasteiger partial charge in [0.15, 0.2) is 5.69 Å². The second-order valence-corrected chi connectivity index (χ2v) is 4.19. The number of hydrogen-bond acceptors (Lipinski definition) is 3. The van der Waals surface area contributed by atoms with Crippen LogP contribution in [-0.4, -0.2) is 22.7 Å². The Bertz CT molecular complexity index is 606. The SMILES string of the molecule is CNC(=O)c1ccn(-c2cccc(F)c2[C@H](C)N)n1. The van der Waals surface area contributed by atoms with E-state index in [-0.39, 0.29) is 17.4 Å². The number of amides is 1. The smallest absolute Gasteiger partial charge is 0.271 e. The standard InChI is InChI=1S/C13H15FN4O/c1-8(15)12-9(14)4-3-5-11(12)18-7-6-10(17-18)13(19)16-2/h3-8H,15H2,1-2H3,(H,16,19)/t8-/m0/s1. The Hall–Kier alpha value is -2.21. The van der Waals surface area contributed by atoms with Crippen LogP contribution in [0.4, 0.5) is 4.39 Å². The summed E-state index contributed by atoms with van der Waals surface area (Å²) in [6.45, 7) is 1.70. The van der Waals surface area contributed by atoms with Gasteiger partial charge in [-0.1, -0.05) is 6.07 Å². The van der Waals surface area contributed by atoms with Gasteiger partial charge in [0, 0.05) is 24.8 Å². The minimum atomic E-state index is -0.469. The van der Waals surface area contributed by atoms with Crippen LogP contribution in [0.1, 0.15) is 29.0 Å². The number of nitrogens with zero attached hydrogens (tertiary/aromatic N) is 2. The van der Waals surface area contributed by atoms with Gasteiger partial charge in [-0.25, -0.2) is 9.07 Å². The van der Waals surface area contributed by atoms with E-state index >= 15 is 0 Å². The predicted molar refractivity (Wildman–Crippen MR) is 69.5 cm³/mol. The van der Waals surface area contributed by atoms with Crippen molar-refractivity contribution >= 4 is 5.91 Å². The molecule has 1 amide bonds. The van der Waals surface area contributed by atoms with Crippen molar-refractivity contribution in [3.8, 4) is 5.69 Å². The van der Waals surface area contributed by atoms with Crippen LogP contribution < -0.4 is 11.1 Å². The number of carbonyl (C=O) groups is 1. The molecule has 0 saturated carbocycles. The topological polar surface area (TPSA) is 72.9 Å². The lowest BCUT2D eigenvalue weighted by Crippen LogP contribution is -2.19. The summed E-state index contributed by atoms with van der Waals surface area (Å²) in [7, 11) is 1.52. The number of rotatable bonds is 3. The summed E-state index contributed by atoms with van der Waals surface area (Å²) in [5, 5.41) is 6.60. The molecule has 2 aromatic rings. The maximum atomic E-state index is 13.8. The summed E-state index contributed by atoms with van der Waals surface area (Å²) in [6, 6.07) is 5.74. The van der Waals surface area contributed by atoms with E-state index < -0.39 is 6.04 Å². The van der Waals surface area contributed by atoms with Crippen LogP contribution in [0.2, 0.25) is 0 Å². The average molecular weight is 262 g/mol. The molecule has 1 heterocycles. The molecule has 6 heteroatoms. The second kappa shape index (κ2) is 5.19. The van der Waals surface area contributed by atoms with E-state index in [2.05, 4.69) is 10.4 Å². The first-order chi connectivity index (χ1) is 9.04.